The molecule has 0 aliphatic carbocycles. The van der Waals surface area contributed by atoms with E-state index in [1.54, 1.807) is 0 Å². The van der Waals surface area contributed by atoms with Crippen LogP contribution in [0.15, 0.2) is 52.4 Å². The van der Waals surface area contributed by atoms with Crippen LogP contribution in [0.2, 0.25) is 0 Å². The van der Waals surface area contributed by atoms with Gasteiger partial charge in [0.05, 0.1) is 6.61 Å². The number of hydrogen-bond acceptors (Lipinski definition) is 10. The highest BCUT2D eigenvalue weighted by Crippen LogP contribution is 2.55. The summed E-state index contributed by atoms with van der Waals surface area (Å²) < 4.78 is 34.8. The van der Waals surface area contributed by atoms with Crippen LogP contribution in [0.5, 0.6) is 0 Å². The minimum atomic E-state index is -4.86. The number of nitrogens with zero attached hydrogens (tertiary/aromatic N) is 5. The Morgan fingerprint density at radius 2 is 1.42 bits per heavy atom. The molecule has 286 valence electrons. The number of benzene rings is 1. The molecule has 1 unspecified atom stereocenters. The molecule has 19 heteroatoms. The van der Waals surface area contributed by atoms with Crippen LogP contribution in [0.3, 0.4) is 0 Å². The summed E-state index contributed by atoms with van der Waals surface area (Å²) in [5.41, 5.74) is 0.0808. The van der Waals surface area contributed by atoms with Crippen molar-refractivity contribution in [1.29, 1.82) is 0 Å². The molecule has 1 aliphatic heterocycles. The molecular formula is C31H56N6O11P2. The predicted octanol–water partition coefficient (Wildman–Crippen LogP) is 1.65. The van der Waals surface area contributed by atoms with Gasteiger partial charge in [0.1, 0.15) is 23.8 Å². The first-order valence-corrected chi connectivity index (χ1v) is 20.1. The molecule has 1 aromatic heterocycles. The molecule has 1 aromatic carbocycles. The number of aromatic nitrogens is 2. The monoisotopic (exact) mass is 750 g/mol. The van der Waals surface area contributed by atoms with Crippen molar-refractivity contribution in [2.75, 3.05) is 51.8 Å². The van der Waals surface area contributed by atoms with E-state index >= 15 is 0 Å². The summed E-state index contributed by atoms with van der Waals surface area (Å²) in [7, 11) is -8.26. The quantitative estimate of drug-likeness (QED) is 0.151. The molecule has 2 amide bonds. The SMILES string of the molecule is CCN(CC)CC.CCN(CC)CC.Cn1c(=NC(=O)NCc2ccccc2)ccn([C@@H]2O[C@H](COP(=O)(O)CP(=O)(O)O)[C@@H](O)[C@H]2O)c1=O. The minimum absolute atomic E-state index is 0.00612. The van der Waals surface area contributed by atoms with Crippen LogP contribution in [-0.4, -0.2) is 120 Å². The number of hydrogen-bond donors (Lipinski definition) is 6. The Morgan fingerprint density at radius 1 is 0.900 bits per heavy atom. The van der Waals surface area contributed by atoms with Crippen molar-refractivity contribution in [2.45, 2.75) is 72.6 Å². The zero-order valence-electron chi connectivity index (χ0n) is 30.0. The van der Waals surface area contributed by atoms with Gasteiger partial charge in [0.25, 0.3) is 0 Å². The van der Waals surface area contributed by atoms with Crippen LogP contribution in [-0.2, 0) is 32.0 Å². The standard InChI is InChI=1S/C19H26N4O11P2.2C6H15N/c1-22-14(21-18(26)20-9-12-5-3-2-4-6-12)7-8-23(19(22)27)17-16(25)15(24)13(34-17)10-33-36(31,32)11-35(28,29)30;2*1-4-7(5-2)6-3/h2-8,13,15-17,24-25H,9-11H2,1H3,(H,20,26)(H,31,32)(H2,28,29,30);2*4-6H2,1-3H3/t13-,15-,16-,17-;;/m1../s1. The van der Waals surface area contributed by atoms with Crippen molar-refractivity contribution in [3.8, 4) is 0 Å². The molecule has 6 N–H and O–H groups in total. The number of carbonyl (C=O) groups is 1. The maximum Gasteiger partial charge on any atom is 0.343 e. The van der Waals surface area contributed by atoms with Gasteiger partial charge in [-0.1, -0.05) is 71.9 Å². The summed E-state index contributed by atoms with van der Waals surface area (Å²) >= 11 is 0. The maximum atomic E-state index is 12.8. The van der Waals surface area contributed by atoms with Crippen molar-refractivity contribution >= 4 is 21.2 Å². The van der Waals surface area contributed by atoms with Crippen LogP contribution in [0.1, 0.15) is 53.3 Å². The van der Waals surface area contributed by atoms with Gasteiger partial charge in [-0.15, -0.1) is 0 Å². The maximum absolute atomic E-state index is 12.8. The Bertz CT molecular complexity index is 1490. The Balaban J connectivity index is 0.000000748. The third-order valence-electron chi connectivity index (χ3n) is 7.84. The fourth-order valence-corrected chi connectivity index (χ4v) is 7.29. The average molecular weight is 751 g/mol. The highest BCUT2D eigenvalue weighted by molar-refractivity contribution is 7.70. The van der Waals surface area contributed by atoms with Gasteiger partial charge in [-0.3, -0.25) is 18.3 Å². The Hall–Kier alpha value is -2.53. The molecule has 17 nitrogen and oxygen atoms in total. The van der Waals surface area contributed by atoms with E-state index in [4.69, 9.17) is 14.5 Å². The van der Waals surface area contributed by atoms with Gasteiger partial charge in [0, 0.05) is 19.8 Å². The molecule has 2 aromatic rings. The summed E-state index contributed by atoms with van der Waals surface area (Å²) in [6.45, 7) is 19.7. The molecule has 1 aliphatic rings. The van der Waals surface area contributed by atoms with E-state index in [-0.39, 0.29) is 12.0 Å². The number of amides is 2. The highest BCUT2D eigenvalue weighted by atomic mass is 31.2. The van der Waals surface area contributed by atoms with Gasteiger partial charge < -0.3 is 49.3 Å². The van der Waals surface area contributed by atoms with Gasteiger partial charge >= 0.3 is 26.9 Å². The van der Waals surface area contributed by atoms with Crippen molar-refractivity contribution < 1.29 is 48.1 Å². The second kappa shape index (κ2) is 22.4. The zero-order chi connectivity index (χ0) is 38.1. The Labute approximate surface area is 293 Å². The fraction of sp³-hybridized carbons (Fsp3) is 0.645. The molecule has 1 saturated heterocycles. The van der Waals surface area contributed by atoms with Gasteiger partial charge in [0.2, 0.25) is 0 Å². The number of aliphatic hydroxyl groups excluding tert-OH is 2. The van der Waals surface area contributed by atoms with Crippen LogP contribution < -0.4 is 16.5 Å². The first kappa shape index (κ1) is 45.5. The molecule has 0 spiro atoms. The summed E-state index contributed by atoms with van der Waals surface area (Å²) in [6.07, 6.45) is -4.97. The van der Waals surface area contributed by atoms with E-state index in [1.165, 1.54) is 58.6 Å². The Kier molecular flexibility index (Phi) is 20.4. The molecule has 3 rings (SSSR count). The van der Waals surface area contributed by atoms with E-state index in [9.17, 15) is 33.8 Å². The number of aliphatic hydroxyl groups is 2. The molecule has 2 heterocycles. The number of urea groups is 1. The molecular weight excluding hydrogens is 694 g/mol. The lowest BCUT2D eigenvalue weighted by Gasteiger charge is -2.19. The zero-order valence-corrected chi connectivity index (χ0v) is 31.8. The second-order valence-electron chi connectivity index (χ2n) is 11.2. The number of ether oxygens (including phenoxy) is 1. The lowest BCUT2D eigenvalue weighted by molar-refractivity contribution is -0.0529. The normalized spacial score (nSPS) is 20.5. The summed E-state index contributed by atoms with van der Waals surface area (Å²) in [6, 6.07) is 9.71. The van der Waals surface area contributed by atoms with E-state index in [0.29, 0.717) is 0 Å². The summed E-state index contributed by atoms with van der Waals surface area (Å²) in [5.74, 6) is -1.44. The summed E-state index contributed by atoms with van der Waals surface area (Å²) in [4.78, 5) is 60.9. The third kappa shape index (κ3) is 15.8. The van der Waals surface area contributed by atoms with Gasteiger partial charge in [-0.2, -0.15) is 4.99 Å². The number of carbonyl (C=O) groups excluding carboxylic acids is 1. The van der Waals surface area contributed by atoms with Gasteiger partial charge in [-0.25, -0.2) is 9.59 Å². The lowest BCUT2D eigenvalue weighted by Crippen LogP contribution is -2.42. The smallest absolute Gasteiger partial charge is 0.343 e. The highest BCUT2D eigenvalue weighted by Gasteiger charge is 2.45. The van der Waals surface area contributed by atoms with Crippen LogP contribution in [0.25, 0.3) is 0 Å². The Morgan fingerprint density at radius 3 is 1.88 bits per heavy atom. The van der Waals surface area contributed by atoms with Gasteiger partial charge in [0.15, 0.2) is 12.1 Å². The fourth-order valence-electron chi connectivity index (χ4n) is 4.72. The minimum Gasteiger partial charge on any atom is -0.387 e. The second-order valence-corrected chi connectivity index (χ2v) is 15.2. The molecule has 5 atom stereocenters. The molecule has 0 saturated carbocycles. The largest absolute Gasteiger partial charge is 0.387 e. The predicted molar refractivity (Wildman–Crippen MR) is 189 cm³/mol. The first-order chi connectivity index (χ1) is 23.5. The lowest BCUT2D eigenvalue weighted by atomic mass is 10.1. The number of nitrogens with one attached hydrogen (secondary N) is 1. The molecule has 0 radical (unpaired) electrons. The van der Waals surface area contributed by atoms with E-state index in [0.717, 1.165) is 14.7 Å². The average Bonchev–Trinajstić information content (AvgIpc) is 3.35. The van der Waals surface area contributed by atoms with Crippen LogP contribution >= 0.6 is 15.2 Å². The van der Waals surface area contributed by atoms with Crippen LogP contribution in [0.4, 0.5) is 4.79 Å². The topological polar surface area (TPSA) is 229 Å². The summed E-state index contributed by atoms with van der Waals surface area (Å²) in [5, 5.41) is 23.2. The van der Waals surface area contributed by atoms with E-state index in [2.05, 4.69) is 66.2 Å². The van der Waals surface area contributed by atoms with Crippen molar-refractivity contribution in [1.82, 2.24) is 24.3 Å². The van der Waals surface area contributed by atoms with E-state index in [1.807, 2.05) is 30.3 Å². The number of rotatable bonds is 14. The first-order valence-electron chi connectivity index (χ1n) is 16.6. The molecule has 50 heavy (non-hydrogen) atoms. The van der Waals surface area contributed by atoms with Gasteiger partial charge in [-0.05, 0) is 50.9 Å². The van der Waals surface area contributed by atoms with Crippen molar-refractivity contribution in [3.63, 3.8) is 0 Å². The van der Waals surface area contributed by atoms with Crippen molar-refractivity contribution in [3.05, 3.63) is 64.1 Å². The van der Waals surface area contributed by atoms with E-state index < -0.39 is 64.0 Å². The molecule has 1 fully saturated rings. The van der Waals surface area contributed by atoms with Crippen molar-refractivity contribution in [2.24, 2.45) is 12.0 Å². The third-order valence-corrected chi connectivity index (χ3v) is 11.3. The molecule has 0 bridgehead atoms. The van der Waals surface area contributed by atoms with Crippen LogP contribution in [0, 0.1) is 0 Å².